The number of benzene rings is 1. The van der Waals surface area contributed by atoms with E-state index in [0.717, 1.165) is 29.8 Å². The zero-order valence-corrected chi connectivity index (χ0v) is 19.6. The van der Waals surface area contributed by atoms with E-state index in [-0.39, 0.29) is 0 Å². The van der Waals surface area contributed by atoms with E-state index in [2.05, 4.69) is 21.2 Å². The van der Waals surface area contributed by atoms with Crippen molar-refractivity contribution in [3.05, 3.63) is 40.4 Å². The molecule has 0 saturated carbocycles. The zero-order chi connectivity index (χ0) is 21.5. The van der Waals surface area contributed by atoms with Gasteiger partial charge >= 0.3 is 5.97 Å². The monoisotopic (exact) mass is 459 g/mol. The second-order valence-electron chi connectivity index (χ2n) is 9.32. The molecule has 7 heteroatoms. The molecule has 3 heterocycles. The summed E-state index contributed by atoms with van der Waals surface area (Å²) in [6, 6.07) is 6.43. The molecule has 4 atom stereocenters. The van der Waals surface area contributed by atoms with Crippen LogP contribution in [0.3, 0.4) is 0 Å². The molecule has 2 bridgehead atoms. The van der Waals surface area contributed by atoms with Gasteiger partial charge in [-0.1, -0.05) is 29.7 Å². The number of fused-ring (bicyclic) bond motifs is 6. The van der Waals surface area contributed by atoms with Gasteiger partial charge in [0.2, 0.25) is 0 Å². The molecule has 4 aliphatic rings. The largest absolute Gasteiger partial charge is 0.465 e. The Morgan fingerprint density at radius 1 is 1.26 bits per heavy atom. The van der Waals surface area contributed by atoms with E-state index in [1.54, 1.807) is 17.7 Å². The van der Waals surface area contributed by atoms with Crippen molar-refractivity contribution in [2.24, 2.45) is 11.8 Å². The summed E-state index contributed by atoms with van der Waals surface area (Å²) < 4.78 is 4.85. The fraction of sp³-hybridized carbons (Fsp3) is 0.583. The fourth-order valence-electron chi connectivity index (χ4n) is 6.27. The van der Waals surface area contributed by atoms with Crippen molar-refractivity contribution in [3.8, 4) is 0 Å². The zero-order valence-electron chi connectivity index (χ0n) is 18.0. The normalized spacial score (nSPS) is 30.0. The lowest BCUT2D eigenvalue weighted by molar-refractivity contribution is 0.0132. The molecule has 31 heavy (non-hydrogen) atoms. The highest BCUT2D eigenvalue weighted by atomic mass is 35.5. The van der Waals surface area contributed by atoms with Gasteiger partial charge < -0.3 is 15.0 Å². The summed E-state index contributed by atoms with van der Waals surface area (Å²) in [7, 11) is 1.36. The van der Waals surface area contributed by atoms with E-state index in [1.165, 1.54) is 52.3 Å². The van der Waals surface area contributed by atoms with Crippen molar-refractivity contribution >= 4 is 40.6 Å². The molecule has 0 radical (unpaired) electrons. The van der Waals surface area contributed by atoms with Gasteiger partial charge in [-0.3, -0.25) is 4.90 Å². The molecular formula is C24H30ClN3O2S. The predicted molar refractivity (Wildman–Crippen MR) is 128 cm³/mol. The first-order chi connectivity index (χ1) is 15.0. The number of carbonyl (C=O) groups excluding carboxylic acids is 1. The van der Waals surface area contributed by atoms with Crippen LogP contribution in [0.1, 0.15) is 48.9 Å². The summed E-state index contributed by atoms with van der Waals surface area (Å²) >= 11 is 12.1. The first-order valence-corrected chi connectivity index (χ1v) is 12.2. The first-order valence-electron chi connectivity index (χ1n) is 11.5. The van der Waals surface area contributed by atoms with Crippen molar-refractivity contribution in [1.82, 2.24) is 9.80 Å². The van der Waals surface area contributed by atoms with Crippen LogP contribution in [0.4, 0.5) is 5.69 Å². The lowest BCUT2D eigenvalue weighted by Crippen LogP contribution is -2.60. The summed E-state index contributed by atoms with van der Waals surface area (Å²) in [6.45, 7) is 3.41. The molecule has 1 aromatic carbocycles. The predicted octanol–water partition coefficient (Wildman–Crippen LogP) is 4.72. The van der Waals surface area contributed by atoms with Crippen LogP contribution in [0, 0.1) is 11.8 Å². The van der Waals surface area contributed by atoms with E-state index >= 15 is 0 Å². The number of esters is 1. The molecule has 0 spiro atoms. The number of methoxy groups -OCH3 is 1. The number of rotatable bonds is 2. The number of hydrogen-bond acceptors (Lipinski definition) is 4. The van der Waals surface area contributed by atoms with Gasteiger partial charge in [-0.25, -0.2) is 4.79 Å². The number of hydrogen-bond donors (Lipinski definition) is 1. The molecule has 4 unspecified atom stereocenters. The average molecular weight is 460 g/mol. The minimum Gasteiger partial charge on any atom is -0.465 e. The number of nitrogens with zero attached hydrogens (tertiary/aromatic N) is 2. The van der Waals surface area contributed by atoms with Crippen LogP contribution in [0.15, 0.2) is 29.8 Å². The van der Waals surface area contributed by atoms with Gasteiger partial charge in [0.15, 0.2) is 5.11 Å². The smallest absolute Gasteiger partial charge is 0.339 e. The molecule has 3 fully saturated rings. The summed E-state index contributed by atoms with van der Waals surface area (Å²) in [6.07, 6.45) is 10.3. The number of ether oxygens (including phenoxy) is 1. The van der Waals surface area contributed by atoms with Crippen molar-refractivity contribution < 1.29 is 9.53 Å². The third-order valence-corrected chi connectivity index (χ3v) is 8.21. The van der Waals surface area contributed by atoms with Crippen LogP contribution >= 0.6 is 23.8 Å². The molecule has 5 rings (SSSR count). The highest BCUT2D eigenvalue weighted by molar-refractivity contribution is 7.80. The lowest BCUT2D eigenvalue weighted by Gasteiger charge is -2.55. The van der Waals surface area contributed by atoms with Crippen LogP contribution in [0.5, 0.6) is 0 Å². The van der Waals surface area contributed by atoms with Crippen LogP contribution < -0.4 is 5.32 Å². The van der Waals surface area contributed by atoms with Crippen molar-refractivity contribution in [1.29, 1.82) is 0 Å². The van der Waals surface area contributed by atoms with Gasteiger partial charge in [-0.2, -0.15) is 0 Å². The Morgan fingerprint density at radius 2 is 2.13 bits per heavy atom. The molecule has 5 nitrogen and oxygen atoms in total. The number of nitrogens with one attached hydrogen (secondary N) is 1. The number of piperidine rings is 3. The molecule has 3 aliphatic heterocycles. The maximum absolute atomic E-state index is 12.0. The van der Waals surface area contributed by atoms with Crippen molar-refractivity contribution in [2.75, 3.05) is 32.1 Å². The molecule has 0 aromatic heterocycles. The second kappa shape index (κ2) is 8.72. The van der Waals surface area contributed by atoms with Crippen molar-refractivity contribution in [2.45, 2.75) is 50.6 Å². The van der Waals surface area contributed by atoms with E-state index in [0.29, 0.717) is 28.5 Å². The molecule has 3 saturated heterocycles. The number of carbonyl (C=O) groups is 1. The molecule has 166 valence electrons. The summed E-state index contributed by atoms with van der Waals surface area (Å²) in [5.74, 6) is 0.903. The third-order valence-electron chi connectivity index (χ3n) is 7.54. The molecular weight excluding hydrogens is 430 g/mol. The highest BCUT2D eigenvalue weighted by Crippen LogP contribution is 2.45. The van der Waals surface area contributed by atoms with Gasteiger partial charge in [0.05, 0.1) is 23.7 Å². The van der Waals surface area contributed by atoms with Gasteiger partial charge in [-0.15, -0.1) is 0 Å². The Labute approximate surface area is 194 Å². The Balaban J connectivity index is 1.37. The summed E-state index contributed by atoms with van der Waals surface area (Å²) in [5, 5.41) is 4.48. The van der Waals surface area contributed by atoms with Crippen molar-refractivity contribution in [3.63, 3.8) is 0 Å². The van der Waals surface area contributed by atoms with Gasteiger partial charge in [-0.05, 0) is 80.9 Å². The van der Waals surface area contributed by atoms with E-state index in [9.17, 15) is 4.79 Å². The maximum atomic E-state index is 12.0. The van der Waals surface area contributed by atoms with Gasteiger partial charge in [0.1, 0.15) is 0 Å². The van der Waals surface area contributed by atoms with E-state index < -0.39 is 5.97 Å². The molecule has 1 aromatic rings. The van der Waals surface area contributed by atoms with Crippen LogP contribution in [0.2, 0.25) is 5.02 Å². The third kappa shape index (κ3) is 3.98. The maximum Gasteiger partial charge on any atom is 0.339 e. The van der Waals surface area contributed by atoms with Gasteiger partial charge in [0.25, 0.3) is 0 Å². The standard InChI is InChI=1S/C24H30ClN3O2S/c1-30-23(29)19-13-18(7-8-20(19)25)26-24(31)28-10-4-5-15-11-16-12-17(22(15)28)14-27-9-3-2-6-21(16)27/h7-8,11,13,16-17,21-22H,2-6,9-10,12,14H2,1H3,(H,26,31). The Hall–Kier alpha value is -1.63. The number of likely N-dealkylation sites (tertiary alicyclic amines) is 1. The summed E-state index contributed by atoms with van der Waals surface area (Å²) in [4.78, 5) is 17.1. The minimum atomic E-state index is -0.445. The molecule has 0 amide bonds. The SMILES string of the molecule is COC(=O)c1cc(NC(=S)N2CCCC3=CC4CC(CN5CCCCC45)C32)ccc1Cl. The number of anilines is 1. The Bertz CT molecular complexity index is 920. The Morgan fingerprint density at radius 3 is 2.97 bits per heavy atom. The fourth-order valence-corrected chi connectivity index (χ4v) is 6.78. The quantitative estimate of drug-likeness (QED) is 0.392. The topological polar surface area (TPSA) is 44.8 Å². The minimum absolute atomic E-state index is 0.347. The average Bonchev–Trinajstić information content (AvgIpc) is 2.79. The number of halogens is 1. The summed E-state index contributed by atoms with van der Waals surface area (Å²) in [5.41, 5.74) is 2.70. The van der Waals surface area contributed by atoms with Crippen LogP contribution in [-0.4, -0.2) is 59.7 Å². The van der Waals surface area contributed by atoms with Crippen LogP contribution in [0.25, 0.3) is 0 Å². The second-order valence-corrected chi connectivity index (χ2v) is 10.1. The first kappa shape index (κ1) is 21.2. The van der Waals surface area contributed by atoms with Crippen LogP contribution in [-0.2, 0) is 4.74 Å². The molecule has 1 aliphatic carbocycles. The van der Waals surface area contributed by atoms with E-state index in [4.69, 9.17) is 28.6 Å². The van der Waals surface area contributed by atoms with E-state index in [1.807, 2.05) is 6.07 Å². The van der Waals surface area contributed by atoms with Gasteiger partial charge in [0, 0.05) is 24.8 Å². The highest BCUT2D eigenvalue weighted by Gasteiger charge is 2.46. The number of thiocarbonyl (C=S) groups is 1. The Kier molecular flexibility index (Phi) is 5.97. The lowest BCUT2D eigenvalue weighted by atomic mass is 9.68. The molecule has 1 N–H and O–H groups in total.